The molecule has 0 spiro atoms. The van der Waals surface area contributed by atoms with Gasteiger partial charge in [0.15, 0.2) is 0 Å². The highest BCUT2D eigenvalue weighted by Gasteiger charge is 2.02. The van der Waals surface area contributed by atoms with E-state index in [1.165, 1.54) is 16.7 Å². The number of hydrogen-bond donors (Lipinski definition) is 0. The number of benzene rings is 2. The van der Waals surface area contributed by atoms with Crippen LogP contribution >= 0.6 is 0 Å². The van der Waals surface area contributed by atoms with E-state index in [0.29, 0.717) is 13.2 Å². The molecule has 0 saturated carbocycles. The smallest absolute Gasteiger partial charge is 0.119 e. The summed E-state index contributed by atoms with van der Waals surface area (Å²) in [5, 5.41) is 0. The van der Waals surface area contributed by atoms with Crippen molar-refractivity contribution >= 4 is 5.57 Å². The summed E-state index contributed by atoms with van der Waals surface area (Å²) >= 11 is 0. The Labute approximate surface area is 127 Å². The minimum atomic E-state index is 0.692. The fourth-order valence-corrected chi connectivity index (χ4v) is 2.18. The average molecular weight is 282 g/mol. The minimum Gasteiger partial charge on any atom is -0.494 e. The lowest BCUT2D eigenvalue weighted by Gasteiger charge is -2.08. The molecule has 0 unspecified atom stereocenters. The van der Waals surface area contributed by atoms with Crippen LogP contribution in [-0.4, -0.2) is 20.3 Å². The number of hydrogen-bond acceptors (Lipinski definition) is 2. The van der Waals surface area contributed by atoms with Crippen molar-refractivity contribution in [3.8, 4) is 16.9 Å². The molecule has 0 radical (unpaired) electrons. The fraction of sp³-hybridized carbons (Fsp3) is 0.263. The molecule has 0 saturated heterocycles. The largest absolute Gasteiger partial charge is 0.494 e. The highest BCUT2D eigenvalue weighted by Crippen LogP contribution is 2.25. The molecule has 0 heterocycles. The Kier molecular flexibility index (Phi) is 5.59. The van der Waals surface area contributed by atoms with Crippen LogP contribution in [0.5, 0.6) is 5.75 Å². The molecule has 2 heteroatoms. The summed E-state index contributed by atoms with van der Waals surface area (Å²) in [5.41, 5.74) is 4.66. The first-order valence-electron chi connectivity index (χ1n) is 7.25. The second kappa shape index (κ2) is 7.65. The summed E-state index contributed by atoms with van der Waals surface area (Å²) in [7, 11) is 1.71. The summed E-state index contributed by atoms with van der Waals surface area (Å²) in [6, 6.07) is 16.7. The van der Waals surface area contributed by atoms with E-state index in [1.54, 1.807) is 7.11 Å². The van der Waals surface area contributed by atoms with Crippen molar-refractivity contribution in [1.82, 2.24) is 0 Å². The third kappa shape index (κ3) is 4.20. The summed E-state index contributed by atoms with van der Waals surface area (Å²) in [4.78, 5) is 0. The van der Waals surface area contributed by atoms with Gasteiger partial charge in [0.05, 0.1) is 13.2 Å². The highest BCUT2D eigenvalue weighted by atomic mass is 16.5. The van der Waals surface area contributed by atoms with Crippen LogP contribution in [0.3, 0.4) is 0 Å². The summed E-state index contributed by atoms with van der Waals surface area (Å²) in [6.07, 6.45) is 0.860. The fourth-order valence-electron chi connectivity index (χ4n) is 2.18. The van der Waals surface area contributed by atoms with Gasteiger partial charge < -0.3 is 9.47 Å². The predicted molar refractivity (Wildman–Crippen MR) is 88.6 cm³/mol. The van der Waals surface area contributed by atoms with E-state index in [-0.39, 0.29) is 0 Å². The Morgan fingerprint density at radius 3 is 2.05 bits per heavy atom. The SMILES string of the molecule is C=C(CCOC)c1ccc(-c2ccc(OCC)cc2)cc1. The lowest BCUT2D eigenvalue weighted by Crippen LogP contribution is -1.91. The summed E-state index contributed by atoms with van der Waals surface area (Å²) < 4.78 is 10.5. The normalized spacial score (nSPS) is 10.4. The third-order valence-corrected chi connectivity index (χ3v) is 3.40. The standard InChI is InChI=1S/C19H22O2/c1-4-21-19-11-9-18(10-12-19)17-7-5-16(6-8-17)15(2)13-14-20-3/h5-12H,2,4,13-14H2,1,3H3. The van der Waals surface area contributed by atoms with Gasteiger partial charge in [-0.1, -0.05) is 43.0 Å². The molecule has 2 aromatic rings. The van der Waals surface area contributed by atoms with E-state index in [1.807, 2.05) is 19.1 Å². The topological polar surface area (TPSA) is 18.5 Å². The molecular formula is C19H22O2. The zero-order valence-corrected chi connectivity index (χ0v) is 12.8. The van der Waals surface area contributed by atoms with Crippen molar-refractivity contribution in [1.29, 1.82) is 0 Å². The van der Waals surface area contributed by atoms with E-state index in [9.17, 15) is 0 Å². The van der Waals surface area contributed by atoms with E-state index >= 15 is 0 Å². The molecule has 0 aliphatic rings. The number of methoxy groups -OCH3 is 1. The first kappa shape index (κ1) is 15.3. The van der Waals surface area contributed by atoms with Gasteiger partial charge in [0, 0.05) is 7.11 Å². The maximum Gasteiger partial charge on any atom is 0.119 e. The molecular weight excluding hydrogens is 260 g/mol. The summed E-state index contributed by atoms with van der Waals surface area (Å²) in [6.45, 7) is 7.49. The van der Waals surface area contributed by atoms with Crippen molar-refractivity contribution < 1.29 is 9.47 Å². The van der Waals surface area contributed by atoms with Gasteiger partial charge in [0.2, 0.25) is 0 Å². The van der Waals surface area contributed by atoms with Crippen LogP contribution in [0.15, 0.2) is 55.1 Å². The second-order valence-electron chi connectivity index (χ2n) is 4.88. The average Bonchev–Trinajstić information content (AvgIpc) is 2.54. The predicted octanol–water partition coefficient (Wildman–Crippen LogP) is 4.80. The molecule has 0 aliphatic heterocycles. The molecule has 0 atom stereocenters. The first-order chi connectivity index (χ1) is 10.2. The van der Waals surface area contributed by atoms with Crippen molar-refractivity contribution in [3.05, 3.63) is 60.7 Å². The molecule has 0 aromatic heterocycles. The van der Waals surface area contributed by atoms with Gasteiger partial charge in [0.25, 0.3) is 0 Å². The maximum atomic E-state index is 5.46. The Hall–Kier alpha value is -2.06. The van der Waals surface area contributed by atoms with Gasteiger partial charge in [-0.25, -0.2) is 0 Å². The molecule has 0 bridgehead atoms. The molecule has 0 fully saturated rings. The van der Waals surface area contributed by atoms with Crippen LogP contribution in [0.25, 0.3) is 16.7 Å². The van der Waals surface area contributed by atoms with Crippen LogP contribution in [0.2, 0.25) is 0 Å². The van der Waals surface area contributed by atoms with Gasteiger partial charge >= 0.3 is 0 Å². The van der Waals surface area contributed by atoms with Crippen molar-refractivity contribution in [2.24, 2.45) is 0 Å². The van der Waals surface area contributed by atoms with Crippen molar-refractivity contribution in [2.75, 3.05) is 20.3 Å². The number of rotatable bonds is 7. The highest BCUT2D eigenvalue weighted by molar-refractivity contribution is 5.69. The number of ether oxygens (including phenoxy) is 2. The Morgan fingerprint density at radius 1 is 0.952 bits per heavy atom. The third-order valence-electron chi connectivity index (χ3n) is 3.40. The van der Waals surface area contributed by atoms with E-state index in [4.69, 9.17) is 9.47 Å². The Balaban J connectivity index is 2.09. The van der Waals surface area contributed by atoms with Crippen LogP contribution in [0.1, 0.15) is 18.9 Å². The minimum absolute atomic E-state index is 0.692. The van der Waals surface area contributed by atoms with E-state index < -0.39 is 0 Å². The zero-order valence-electron chi connectivity index (χ0n) is 12.8. The lowest BCUT2D eigenvalue weighted by molar-refractivity contribution is 0.206. The van der Waals surface area contributed by atoms with Gasteiger partial charge in [0.1, 0.15) is 5.75 Å². The van der Waals surface area contributed by atoms with Gasteiger partial charge in [-0.05, 0) is 47.7 Å². The molecule has 110 valence electrons. The van der Waals surface area contributed by atoms with E-state index in [2.05, 4.69) is 43.0 Å². The Bertz CT molecular complexity index is 568. The van der Waals surface area contributed by atoms with Crippen LogP contribution in [-0.2, 0) is 4.74 Å². The van der Waals surface area contributed by atoms with Gasteiger partial charge in [-0.2, -0.15) is 0 Å². The van der Waals surface area contributed by atoms with Gasteiger partial charge in [-0.3, -0.25) is 0 Å². The molecule has 2 aromatic carbocycles. The molecule has 0 aliphatic carbocycles. The van der Waals surface area contributed by atoms with Crippen LogP contribution in [0.4, 0.5) is 0 Å². The Morgan fingerprint density at radius 2 is 1.52 bits per heavy atom. The van der Waals surface area contributed by atoms with Crippen LogP contribution < -0.4 is 4.74 Å². The second-order valence-corrected chi connectivity index (χ2v) is 4.88. The maximum absolute atomic E-state index is 5.46. The molecule has 0 N–H and O–H groups in total. The molecule has 2 rings (SSSR count). The zero-order chi connectivity index (χ0) is 15.1. The lowest BCUT2D eigenvalue weighted by atomic mass is 10.00. The summed E-state index contributed by atoms with van der Waals surface area (Å²) in [5.74, 6) is 0.908. The van der Waals surface area contributed by atoms with Crippen LogP contribution in [0, 0.1) is 0 Å². The van der Waals surface area contributed by atoms with Crippen molar-refractivity contribution in [2.45, 2.75) is 13.3 Å². The van der Waals surface area contributed by atoms with E-state index in [0.717, 1.165) is 17.7 Å². The molecule has 2 nitrogen and oxygen atoms in total. The van der Waals surface area contributed by atoms with Crippen molar-refractivity contribution in [3.63, 3.8) is 0 Å². The first-order valence-corrected chi connectivity index (χ1v) is 7.25. The molecule has 0 amide bonds. The van der Waals surface area contributed by atoms with Gasteiger partial charge in [-0.15, -0.1) is 0 Å². The monoisotopic (exact) mass is 282 g/mol. The quantitative estimate of drug-likeness (QED) is 0.726. The molecule has 21 heavy (non-hydrogen) atoms.